The number of nitrogens with zero attached hydrogens (tertiary/aromatic N) is 4. The Hall–Kier alpha value is -4.57. The Morgan fingerprint density at radius 3 is 2.56 bits per heavy atom. The van der Waals surface area contributed by atoms with Crippen molar-refractivity contribution in [3.63, 3.8) is 0 Å². The van der Waals surface area contributed by atoms with Crippen molar-refractivity contribution in [2.24, 2.45) is 0 Å². The van der Waals surface area contributed by atoms with Crippen LogP contribution in [0.1, 0.15) is 11.1 Å². The predicted octanol–water partition coefficient (Wildman–Crippen LogP) is 4.68. The zero-order valence-electron chi connectivity index (χ0n) is 16.9. The van der Waals surface area contributed by atoms with Crippen LogP contribution in [-0.4, -0.2) is 20.7 Å². The van der Waals surface area contributed by atoms with Crippen LogP contribution in [0.15, 0.2) is 90.9 Å². The fourth-order valence-electron chi connectivity index (χ4n) is 3.16. The highest BCUT2D eigenvalue weighted by molar-refractivity contribution is 6.10. The molecule has 0 spiro atoms. The number of anilines is 1. The Kier molecular flexibility index (Phi) is 6.14. The first-order valence-corrected chi connectivity index (χ1v) is 9.83. The number of pyridine rings is 1. The lowest BCUT2D eigenvalue weighted by Gasteiger charge is -2.04. The number of hydrogen-bond acceptors (Lipinski definition) is 4. The van der Waals surface area contributed by atoms with Crippen LogP contribution in [-0.2, 0) is 11.3 Å². The average molecular weight is 423 g/mol. The van der Waals surface area contributed by atoms with Crippen LogP contribution in [0.5, 0.6) is 0 Å². The summed E-state index contributed by atoms with van der Waals surface area (Å²) in [5.41, 5.74) is 3.35. The molecule has 2 aromatic heterocycles. The largest absolute Gasteiger partial charge is 0.321 e. The Bertz CT molecular complexity index is 1290. The highest BCUT2D eigenvalue weighted by atomic mass is 19.1. The van der Waals surface area contributed by atoms with Crippen LogP contribution in [0.4, 0.5) is 10.1 Å². The second kappa shape index (κ2) is 9.49. The molecular formula is C25H18FN5O. The van der Waals surface area contributed by atoms with Gasteiger partial charge in [0.15, 0.2) is 0 Å². The van der Waals surface area contributed by atoms with Crippen molar-refractivity contribution >= 4 is 17.7 Å². The molecule has 2 heterocycles. The average Bonchev–Trinajstić information content (AvgIpc) is 3.22. The van der Waals surface area contributed by atoms with E-state index in [1.807, 2.05) is 42.5 Å². The van der Waals surface area contributed by atoms with E-state index in [1.165, 1.54) is 30.3 Å². The fourth-order valence-corrected chi connectivity index (χ4v) is 3.16. The van der Waals surface area contributed by atoms with Gasteiger partial charge in [0.2, 0.25) is 0 Å². The molecule has 156 valence electrons. The summed E-state index contributed by atoms with van der Waals surface area (Å²) in [6, 6.07) is 20.8. The summed E-state index contributed by atoms with van der Waals surface area (Å²) in [6.45, 7) is 0.533. The van der Waals surface area contributed by atoms with E-state index in [0.29, 0.717) is 23.5 Å². The molecule has 0 fully saturated rings. The lowest BCUT2D eigenvalue weighted by molar-refractivity contribution is -0.112. The number of amides is 1. The topological polar surface area (TPSA) is 83.6 Å². The number of benzene rings is 2. The van der Waals surface area contributed by atoms with E-state index in [1.54, 1.807) is 29.3 Å². The van der Waals surface area contributed by atoms with Crippen molar-refractivity contribution in [1.29, 1.82) is 5.26 Å². The van der Waals surface area contributed by atoms with Gasteiger partial charge in [-0.2, -0.15) is 10.4 Å². The SMILES string of the molecule is N#C/C(=C\c1cn(Cc2ccccc2)nc1-c1cccnc1)C(=O)Nc1ccc(F)cc1. The lowest BCUT2D eigenvalue weighted by atomic mass is 10.1. The first-order chi connectivity index (χ1) is 15.6. The molecule has 32 heavy (non-hydrogen) atoms. The molecule has 1 N–H and O–H groups in total. The summed E-state index contributed by atoms with van der Waals surface area (Å²) in [5.74, 6) is -1.00. The van der Waals surface area contributed by atoms with Gasteiger partial charge >= 0.3 is 0 Å². The van der Waals surface area contributed by atoms with Crippen molar-refractivity contribution in [3.05, 3.63) is 108 Å². The second-order valence-electron chi connectivity index (χ2n) is 6.99. The molecule has 0 radical (unpaired) electrons. The number of nitrogens with one attached hydrogen (secondary N) is 1. The molecule has 0 aliphatic carbocycles. The minimum atomic E-state index is -0.591. The van der Waals surface area contributed by atoms with Gasteiger partial charge < -0.3 is 5.32 Å². The molecule has 0 saturated carbocycles. The van der Waals surface area contributed by atoms with Crippen molar-refractivity contribution in [3.8, 4) is 17.3 Å². The lowest BCUT2D eigenvalue weighted by Crippen LogP contribution is -2.13. The Balaban J connectivity index is 1.68. The van der Waals surface area contributed by atoms with E-state index >= 15 is 0 Å². The number of aromatic nitrogens is 3. The van der Waals surface area contributed by atoms with Crippen molar-refractivity contribution in [2.75, 3.05) is 5.32 Å². The Labute approximate surface area is 184 Å². The van der Waals surface area contributed by atoms with E-state index in [-0.39, 0.29) is 5.57 Å². The zero-order valence-corrected chi connectivity index (χ0v) is 16.9. The molecule has 0 bridgehead atoms. The minimum Gasteiger partial charge on any atom is -0.321 e. The second-order valence-corrected chi connectivity index (χ2v) is 6.99. The molecule has 7 heteroatoms. The van der Waals surface area contributed by atoms with Crippen molar-refractivity contribution in [1.82, 2.24) is 14.8 Å². The molecule has 0 aliphatic rings. The first kappa shape index (κ1) is 20.7. The Morgan fingerprint density at radius 1 is 1.09 bits per heavy atom. The molecule has 0 unspecified atom stereocenters. The van der Waals surface area contributed by atoms with Crippen LogP contribution in [0, 0.1) is 17.1 Å². The summed E-state index contributed by atoms with van der Waals surface area (Å²) in [6.07, 6.45) is 6.63. The van der Waals surface area contributed by atoms with Gasteiger partial charge in [0.25, 0.3) is 5.91 Å². The zero-order chi connectivity index (χ0) is 22.3. The van der Waals surface area contributed by atoms with Crippen LogP contribution in [0.3, 0.4) is 0 Å². The van der Waals surface area contributed by atoms with Gasteiger partial charge in [0.05, 0.1) is 6.54 Å². The van der Waals surface area contributed by atoms with E-state index in [2.05, 4.69) is 15.4 Å². The molecule has 6 nitrogen and oxygen atoms in total. The van der Waals surface area contributed by atoms with E-state index in [9.17, 15) is 14.4 Å². The third kappa shape index (κ3) is 4.94. The predicted molar refractivity (Wildman–Crippen MR) is 120 cm³/mol. The molecular weight excluding hydrogens is 405 g/mol. The highest BCUT2D eigenvalue weighted by Gasteiger charge is 2.15. The number of carbonyl (C=O) groups is 1. The smallest absolute Gasteiger partial charge is 0.266 e. The normalized spacial score (nSPS) is 11.1. The van der Waals surface area contributed by atoms with Gasteiger partial charge in [-0.1, -0.05) is 30.3 Å². The van der Waals surface area contributed by atoms with Crippen molar-refractivity contribution in [2.45, 2.75) is 6.54 Å². The van der Waals surface area contributed by atoms with Crippen LogP contribution in [0.2, 0.25) is 0 Å². The van der Waals surface area contributed by atoms with E-state index in [0.717, 1.165) is 11.1 Å². The number of nitriles is 1. The Morgan fingerprint density at radius 2 is 1.88 bits per heavy atom. The van der Waals surface area contributed by atoms with Gasteiger partial charge in [-0.05, 0) is 48.0 Å². The maximum absolute atomic E-state index is 13.1. The van der Waals surface area contributed by atoms with Gasteiger partial charge in [-0.15, -0.1) is 0 Å². The van der Waals surface area contributed by atoms with Gasteiger partial charge in [-0.3, -0.25) is 14.5 Å². The summed E-state index contributed by atoms with van der Waals surface area (Å²) < 4.78 is 14.9. The molecule has 0 saturated heterocycles. The molecule has 2 aromatic carbocycles. The summed E-state index contributed by atoms with van der Waals surface area (Å²) in [4.78, 5) is 16.8. The fraction of sp³-hybridized carbons (Fsp3) is 0.0400. The third-order valence-electron chi connectivity index (χ3n) is 4.68. The standard InChI is InChI=1S/C25H18FN5O/c26-22-8-10-23(11-9-22)29-25(32)20(14-27)13-21-17-31(16-18-5-2-1-3-6-18)30-24(21)19-7-4-12-28-15-19/h1-13,15,17H,16H2,(H,29,32)/b20-13+. The summed E-state index contributed by atoms with van der Waals surface area (Å²) in [5, 5.41) is 16.9. The third-order valence-corrected chi connectivity index (χ3v) is 4.68. The molecule has 0 aliphatic heterocycles. The maximum Gasteiger partial charge on any atom is 0.266 e. The summed E-state index contributed by atoms with van der Waals surface area (Å²) >= 11 is 0. The number of hydrogen-bond donors (Lipinski definition) is 1. The number of halogens is 1. The van der Waals surface area contributed by atoms with Crippen LogP contribution < -0.4 is 5.32 Å². The first-order valence-electron chi connectivity index (χ1n) is 9.83. The number of carbonyl (C=O) groups excluding carboxylic acids is 1. The van der Waals surface area contributed by atoms with Crippen molar-refractivity contribution < 1.29 is 9.18 Å². The molecule has 4 aromatic rings. The van der Waals surface area contributed by atoms with Gasteiger partial charge in [0, 0.05) is 35.4 Å². The molecule has 0 atom stereocenters. The number of rotatable bonds is 6. The van der Waals surface area contributed by atoms with Crippen LogP contribution >= 0.6 is 0 Å². The monoisotopic (exact) mass is 423 g/mol. The van der Waals surface area contributed by atoms with Gasteiger partial charge in [-0.25, -0.2) is 4.39 Å². The minimum absolute atomic E-state index is 0.0984. The van der Waals surface area contributed by atoms with E-state index in [4.69, 9.17) is 0 Å². The maximum atomic E-state index is 13.1. The molecule has 4 rings (SSSR count). The van der Waals surface area contributed by atoms with Crippen LogP contribution in [0.25, 0.3) is 17.3 Å². The quantitative estimate of drug-likeness (QED) is 0.361. The van der Waals surface area contributed by atoms with E-state index < -0.39 is 11.7 Å². The summed E-state index contributed by atoms with van der Waals surface area (Å²) in [7, 11) is 0. The highest BCUT2D eigenvalue weighted by Crippen LogP contribution is 2.24. The van der Waals surface area contributed by atoms with Gasteiger partial charge in [0.1, 0.15) is 23.2 Å². The molecule has 1 amide bonds.